The topological polar surface area (TPSA) is 38.0 Å². The highest BCUT2D eigenvalue weighted by molar-refractivity contribution is 7.80. The first-order valence-corrected chi connectivity index (χ1v) is 7.71. The molecule has 0 spiro atoms. The fourth-order valence-corrected chi connectivity index (χ4v) is 3.04. The van der Waals surface area contributed by atoms with E-state index in [1.54, 1.807) is 0 Å². The van der Waals surface area contributed by atoms with Gasteiger partial charge in [-0.25, -0.2) is 0 Å². The van der Waals surface area contributed by atoms with E-state index in [1.165, 1.54) is 32.1 Å². The molecule has 19 heavy (non-hydrogen) atoms. The lowest BCUT2D eigenvalue weighted by molar-refractivity contribution is 0.502. The molecule has 0 saturated heterocycles. The molecule has 0 aliphatic heterocycles. The zero-order valence-electron chi connectivity index (χ0n) is 11.3. The van der Waals surface area contributed by atoms with E-state index in [0.29, 0.717) is 16.1 Å². The summed E-state index contributed by atoms with van der Waals surface area (Å²) in [6.45, 7) is 2.34. The Kier molecular flexibility index (Phi) is 5.06. The zero-order valence-corrected chi connectivity index (χ0v) is 12.9. The molecule has 4 heteroatoms. The van der Waals surface area contributed by atoms with E-state index in [4.69, 9.17) is 29.6 Å². The average Bonchev–Trinajstić information content (AvgIpc) is 2.56. The Morgan fingerprint density at radius 3 is 2.84 bits per heavy atom. The maximum atomic E-state index is 6.01. The van der Waals surface area contributed by atoms with Gasteiger partial charge >= 0.3 is 0 Å². The predicted octanol–water partition coefficient (Wildman–Crippen LogP) is 4.35. The van der Waals surface area contributed by atoms with Crippen LogP contribution in [0.5, 0.6) is 0 Å². The van der Waals surface area contributed by atoms with Gasteiger partial charge in [-0.3, -0.25) is 0 Å². The first-order valence-electron chi connectivity index (χ1n) is 6.92. The third-order valence-corrected chi connectivity index (χ3v) is 4.32. The molecule has 0 heterocycles. The van der Waals surface area contributed by atoms with Crippen molar-refractivity contribution in [1.29, 1.82) is 0 Å². The van der Waals surface area contributed by atoms with Crippen molar-refractivity contribution in [3.63, 3.8) is 0 Å². The van der Waals surface area contributed by atoms with Crippen LogP contribution in [-0.4, -0.2) is 11.0 Å². The molecule has 2 atom stereocenters. The standard InChI is InChI=1S/C15H21ClN2S/c1-10-3-2-4-12(7-5-10)18-14-8-6-11(16)9-13(14)15(17)19/h6,8-10,12,18H,2-5,7H2,1H3,(H2,17,19). The molecule has 1 saturated carbocycles. The third kappa shape index (κ3) is 4.08. The number of halogens is 1. The summed E-state index contributed by atoms with van der Waals surface area (Å²) in [6, 6.07) is 6.21. The van der Waals surface area contributed by atoms with E-state index in [1.807, 2.05) is 18.2 Å². The fraction of sp³-hybridized carbons (Fsp3) is 0.533. The van der Waals surface area contributed by atoms with Crippen LogP contribution in [0.25, 0.3) is 0 Å². The van der Waals surface area contributed by atoms with Gasteiger partial charge in [0.2, 0.25) is 0 Å². The second-order valence-corrected chi connectivity index (χ2v) is 6.39. The summed E-state index contributed by atoms with van der Waals surface area (Å²) in [4.78, 5) is 0.395. The number of hydrogen-bond donors (Lipinski definition) is 2. The number of hydrogen-bond acceptors (Lipinski definition) is 2. The van der Waals surface area contributed by atoms with Gasteiger partial charge in [0, 0.05) is 22.3 Å². The summed E-state index contributed by atoms with van der Waals surface area (Å²) in [5.74, 6) is 0.840. The Labute approximate surface area is 125 Å². The maximum absolute atomic E-state index is 6.01. The molecule has 1 aromatic carbocycles. The van der Waals surface area contributed by atoms with E-state index < -0.39 is 0 Å². The van der Waals surface area contributed by atoms with Crippen LogP contribution in [0.3, 0.4) is 0 Å². The van der Waals surface area contributed by atoms with Crippen molar-refractivity contribution in [2.45, 2.75) is 45.1 Å². The van der Waals surface area contributed by atoms with Crippen molar-refractivity contribution < 1.29 is 0 Å². The third-order valence-electron chi connectivity index (χ3n) is 3.86. The Hall–Kier alpha value is -0.800. The van der Waals surface area contributed by atoms with Crippen LogP contribution in [-0.2, 0) is 0 Å². The fourth-order valence-electron chi connectivity index (χ4n) is 2.70. The summed E-state index contributed by atoms with van der Waals surface area (Å²) in [5.41, 5.74) is 7.63. The van der Waals surface area contributed by atoms with Crippen molar-refractivity contribution >= 4 is 34.5 Å². The Morgan fingerprint density at radius 1 is 1.32 bits per heavy atom. The maximum Gasteiger partial charge on any atom is 0.106 e. The molecule has 2 rings (SSSR count). The summed E-state index contributed by atoms with van der Waals surface area (Å²) in [6.07, 6.45) is 6.33. The van der Waals surface area contributed by atoms with Gasteiger partial charge in [-0.2, -0.15) is 0 Å². The molecule has 2 nitrogen and oxygen atoms in total. The van der Waals surface area contributed by atoms with Gasteiger partial charge in [-0.15, -0.1) is 0 Å². The second kappa shape index (κ2) is 6.58. The van der Waals surface area contributed by atoms with Gasteiger partial charge in [0.1, 0.15) is 4.99 Å². The first kappa shape index (κ1) is 14.6. The molecule has 2 unspecified atom stereocenters. The number of nitrogens with one attached hydrogen (secondary N) is 1. The number of rotatable bonds is 3. The van der Waals surface area contributed by atoms with Gasteiger partial charge in [0.15, 0.2) is 0 Å². The van der Waals surface area contributed by atoms with Crippen LogP contribution in [0.1, 0.15) is 44.6 Å². The number of anilines is 1. The second-order valence-electron chi connectivity index (χ2n) is 5.51. The Balaban J connectivity index is 2.12. The normalized spacial score (nSPS) is 23.7. The largest absolute Gasteiger partial charge is 0.389 e. The van der Waals surface area contributed by atoms with Crippen molar-refractivity contribution in [3.8, 4) is 0 Å². The lowest BCUT2D eigenvalue weighted by atomic mass is 10.0. The van der Waals surface area contributed by atoms with E-state index >= 15 is 0 Å². The number of nitrogens with two attached hydrogens (primary N) is 1. The molecule has 0 bridgehead atoms. The summed E-state index contributed by atoms with van der Waals surface area (Å²) < 4.78 is 0. The smallest absolute Gasteiger partial charge is 0.106 e. The van der Waals surface area contributed by atoms with Crippen LogP contribution in [0.4, 0.5) is 5.69 Å². The van der Waals surface area contributed by atoms with Gasteiger partial charge in [0.05, 0.1) is 0 Å². The van der Waals surface area contributed by atoms with Crippen molar-refractivity contribution in [2.24, 2.45) is 11.7 Å². The van der Waals surface area contributed by atoms with E-state index in [0.717, 1.165) is 17.2 Å². The number of thiocarbonyl (C=S) groups is 1. The zero-order chi connectivity index (χ0) is 13.8. The predicted molar refractivity (Wildman–Crippen MR) is 87.0 cm³/mol. The van der Waals surface area contributed by atoms with Gasteiger partial charge in [-0.05, 0) is 43.4 Å². The van der Waals surface area contributed by atoms with E-state index in [9.17, 15) is 0 Å². The molecule has 1 aliphatic rings. The minimum Gasteiger partial charge on any atom is -0.389 e. The minimum atomic E-state index is 0.395. The molecule has 0 amide bonds. The van der Waals surface area contributed by atoms with Crippen LogP contribution in [0.15, 0.2) is 18.2 Å². The van der Waals surface area contributed by atoms with Crippen LogP contribution in [0.2, 0.25) is 5.02 Å². The van der Waals surface area contributed by atoms with Crippen LogP contribution >= 0.6 is 23.8 Å². The summed E-state index contributed by atoms with van der Waals surface area (Å²) in [7, 11) is 0. The highest BCUT2D eigenvalue weighted by Gasteiger charge is 2.17. The average molecular weight is 297 g/mol. The summed E-state index contributed by atoms with van der Waals surface area (Å²) >= 11 is 11.1. The van der Waals surface area contributed by atoms with Crippen molar-refractivity contribution in [2.75, 3.05) is 5.32 Å². The monoisotopic (exact) mass is 296 g/mol. The molecular weight excluding hydrogens is 276 g/mol. The minimum absolute atomic E-state index is 0.395. The number of benzene rings is 1. The van der Waals surface area contributed by atoms with Crippen molar-refractivity contribution in [3.05, 3.63) is 28.8 Å². The quantitative estimate of drug-likeness (QED) is 0.643. The Bertz CT molecular complexity index is 461. The lowest BCUT2D eigenvalue weighted by Crippen LogP contribution is -2.21. The van der Waals surface area contributed by atoms with Gasteiger partial charge < -0.3 is 11.1 Å². The molecule has 1 fully saturated rings. The highest BCUT2D eigenvalue weighted by atomic mass is 35.5. The SMILES string of the molecule is CC1CCCC(Nc2ccc(Cl)cc2C(N)=S)CC1. The molecule has 3 N–H and O–H groups in total. The molecule has 1 aromatic rings. The lowest BCUT2D eigenvalue weighted by Gasteiger charge is -2.20. The van der Waals surface area contributed by atoms with Crippen LogP contribution in [0, 0.1) is 5.92 Å². The summed E-state index contributed by atoms with van der Waals surface area (Å²) in [5, 5.41) is 4.26. The highest BCUT2D eigenvalue weighted by Crippen LogP contribution is 2.27. The Morgan fingerprint density at radius 2 is 2.11 bits per heavy atom. The first-order chi connectivity index (χ1) is 9.06. The van der Waals surface area contributed by atoms with Crippen LogP contribution < -0.4 is 11.1 Å². The van der Waals surface area contributed by atoms with Crippen molar-refractivity contribution in [1.82, 2.24) is 0 Å². The molecule has 104 valence electrons. The van der Waals surface area contributed by atoms with Gasteiger partial charge in [0.25, 0.3) is 0 Å². The van der Waals surface area contributed by atoms with E-state index in [2.05, 4.69) is 12.2 Å². The van der Waals surface area contributed by atoms with E-state index in [-0.39, 0.29) is 0 Å². The molecule has 1 aliphatic carbocycles. The molecule has 0 radical (unpaired) electrons. The molecule has 0 aromatic heterocycles. The van der Waals surface area contributed by atoms with Gasteiger partial charge in [-0.1, -0.05) is 43.6 Å². The molecular formula is C15H21ClN2S.